The maximum absolute atomic E-state index is 3.53. The zero-order valence-electron chi connectivity index (χ0n) is 12.0. The summed E-state index contributed by atoms with van der Waals surface area (Å²) in [5.74, 6) is 0. The number of hydrogen-bond acceptors (Lipinski definition) is 1. The number of allylic oxidation sites excluding steroid dienone is 1. The normalized spacial score (nSPS) is 21.1. The molecule has 1 N–H and O–H groups in total. The third kappa shape index (κ3) is 3.82. The molecule has 1 unspecified atom stereocenters. The molecule has 0 saturated heterocycles. The Morgan fingerprint density at radius 2 is 1.95 bits per heavy atom. The summed E-state index contributed by atoms with van der Waals surface area (Å²) in [7, 11) is 2.09. The van der Waals surface area contributed by atoms with Crippen LogP contribution >= 0.6 is 22.6 Å². The summed E-state index contributed by atoms with van der Waals surface area (Å²) >= 11 is 2.49. The topological polar surface area (TPSA) is 12.0 Å². The largest absolute Gasteiger partial charge is 0.310 e. The van der Waals surface area contributed by atoms with Gasteiger partial charge in [0.15, 0.2) is 0 Å². The molecule has 19 heavy (non-hydrogen) atoms. The summed E-state index contributed by atoms with van der Waals surface area (Å²) in [6.07, 6.45) is 10.5. The van der Waals surface area contributed by atoms with Crippen LogP contribution in [-0.4, -0.2) is 7.05 Å². The van der Waals surface area contributed by atoms with Crippen LogP contribution in [0.1, 0.15) is 55.7 Å². The summed E-state index contributed by atoms with van der Waals surface area (Å²) < 4.78 is 1.41. The van der Waals surface area contributed by atoms with Gasteiger partial charge in [-0.15, -0.1) is 0 Å². The fourth-order valence-electron chi connectivity index (χ4n) is 2.91. The Balaban J connectivity index is 2.30. The van der Waals surface area contributed by atoms with Crippen LogP contribution in [0.15, 0.2) is 29.8 Å². The van der Waals surface area contributed by atoms with Crippen molar-refractivity contribution in [2.24, 2.45) is 0 Å². The van der Waals surface area contributed by atoms with E-state index < -0.39 is 0 Å². The zero-order chi connectivity index (χ0) is 13.7. The third-order valence-electron chi connectivity index (χ3n) is 4.02. The minimum atomic E-state index is 0.393. The second-order valence-electron chi connectivity index (χ2n) is 5.43. The van der Waals surface area contributed by atoms with Gasteiger partial charge < -0.3 is 5.32 Å². The molecule has 1 atom stereocenters. The molecule has 1 aliphatic rings. The molecule has 1 aromatic carbocycles. The highest BCUT2D eigenvalue weighted by Gasteiger charge is 2.18. The van der Waals surface area contributed by atoms with Crippen molar-refractivity contribution in [1.82, 2.24) is 5.32 Å². The Kier molecular flexibility index (Phi) is 5.89. The van der Waals surface area contributed by atoms with Gasteiger partial charge in [-0.2, -0.15) is 0 Å². The molecule has 0 amide bonds. The highest BCUT2D eigenvalue weighted by Crippen LogP contribution is 2.32. The van der Waals surface area contributed by atoms with Gasteiger partial charge >= 0.3 is 0 Å². The van der Waals surface area contributed by atoms with Crippen molar-refractivity contribution >= 4 is 22.6 Å². The van der Waals surface area contributed by atoms with Crippen molar-refractivity contribution in [2.75, 3.05) is 7.05 Å². The standard InChI is InChI=1S/C17H24IN/c1-13-9-8-12-15(16(13)18)17(19-2)14-10-6-4-3-5-7-11-14/h8-10,12,17,19H,3-7,11H2,1-2H3/b14-10+. The van der Waals surface area contributed by atoms with Gasteiger partial charge in [-0.1, -0.05) is 42.7 Å². The lowest BCUT2D eigenvalue weighted by atomic mass is 9.90. The zero-order valence-corrected chi connectivity index (χ0v) is 14.2. The minimum absolute atomic E-state index is 0.393. The first kappa shape index (κ1) is 15.0. The van der Waals surface area contributed by atoms with Crippen molar-refractivity contribution in [2.45, 2.75) is 51.5 Å². The predicted octanol–water partition coefficient (Wildman–Crippen LogP) is 5.14. The van der Waals surface area contributed by atoms with E-state index >= 15 is 0 Å². The van der Waals surface area contributed by atoms with Gasteiger partial charge in [0.1, 0.15) is 0 Å². The molecule has 0 fully saturated rings. The van der Waals surface area contributed by atoms with E-state index in [2.05, 4.69) is 66.2 Å². The fraction of sp³-hybridized carbons (Fsp3) is 0.529. The van der Waals surface area contributed by atoms with E-state index in [1.165, 1.54) is 53.2 Å². The van der Waals surface area contributed by atoms with Crippen molar-refractivity contribution in [3.8, 4) is 0 Å². The second kappa shape index (κ2) is 7.44. The highest BCUT2D eigenvalue weighted by molar-refractivity contribution is 14.1. The predicted molar refractivity (Wildman–Crippen MR) is 91.5 cm³/mol. The molecule has 0 saturated carbocycles. The number of hydrogen-bond donors (Lipinski definition) is 1. The van der Waals surface area contributed by atoms with E-state index in [9.17, 15) is 0 Å². The van der Waals surface area contributed by atoms with Crippen LogP contribution in [0.4, 0.5) is 0 Å². The molecule has 0 radical (unpaired) electrons. The molecular weight excluding hydrogens is 345 g/mol. The van der Waals surface area contributed by atoms with Crippen molar-refractivity contribution in [3.05, 3.63) is 44.5 Å². The van der Waals surface area contributed by atoms with E-state index in [1.54, 1.807) is 5.57 Å². The van der Waals surface area contributed by atoms with E-state index in [4.69, 9.17) is 0 Å². The summed E-state index contributed by atoms with van der Waals surface area (Å²) in [5.41, 5.74) is 4.41. The fourth-order valence-corrected chi connectivity index (χ4v) is 3.58. The van der Waals surface area contributed by atoms with Crippen molar-refractivity contribution < 1.29 is 0 Å². The maximum Gasteiger partial charge on any atom is 0.0544 e. The minimum Gasteiger partial charge on any atom is -0.310 e. The Labute approximate surface area is 131 Å². The number of aryl methyl sites for hydroxylation is 1. The quantitative estimate of drug-likeness (QED) is 0.575. The average Bonchev–Trinajstić information content (AvgIpc) is 2.37. The van der Waals surface area contributed by atoms with Crippen LogP contribution < -0.4 is 5.32 Å². The van der Waals surface area contributed by atoms with Crippen LogP contribution in [-0.2, 0) is 0 Å². The first-order valence-corrected chi connectivity index (χ1v) is 8.43. The van der Waals surface area contributed by atoms with E-state index in [0.29, 0.717) is 6.04 Å². The second-order valence-corrected chi connectivity index (χ2v) is 6.51. The summed E-state index contributed by atoms with van der Waals surface area (Å²) in [4.78, 5) is 0. The van der Waals surface area contributed by atoms with Crippen LogP contribution in [0.25, 0.3) is 0 Å². The van der Waals surface area contributed by atoms with Crippen molar-refractivity contribution in [3.63, 3.8) is 0 Å². The van der Waals surface area contributed by atoms with Crippen LogP contribution in [0.5, 0.6) is 0 Å². The van der Waals surface area contributed by atoms with Gasteiger partial charge in [-0.05, 0) is 73.4 Å². The SMILES string of the molecule is CNC(/C1=C/CCCCCC1)c1cccc(C)c1I. The van der Waals surface area contributed by atoms with E-state index in [1.807, 2.05) is 0 Å². The smallest absolute Gasteiger partial charge is 0.0544 e. The monoisotopic (exact) mass is 369 g/mol. The summed E-state index contributed by atoms with van der Waals surface area (Å²) in [6.45, 7) is 2.20. The van der Waals surface area contributed by atoms with Crippen LogP contribution in [0.3, 0.4) is 0 Å². The number of likely N-dealkylation sites (N-methyl/N-ethyl adjacent to an activating group) is 1. The van der Waals surface area contributed by atoms with Crippen molar-refractivity contribution in [1.29, 1.82) is 0 Å². The Bertz CT molecular complexity index is 451. The molecule has 0 aromatic heterocycles. The van der Waals surface area contributed by atoms with E-state index in [0.717, 1.165) is 0 Å². The molecule has 0 heterocycles. The summed E-state index contributed by atoms with van der Waals surface area (Å²) in [6, 6.07) is 7.05. The number of benzene rings is 1. The summed E-state index contributed by atoms with van der Waals surface area (Å²) in [5, 5.41) is 3.53. The van der Waals surface area contributed by atoms with Gasteiger partial charge in [-0.25, -0.2) is 0 Å². The molecule has 1 nitrogen and oxygen atoms in total. The lowest BCUT2D eigenvalue weighted by Crippen LogP contribution is -2.20. The highest BCUT2D eigenvalue weighted by atomic mass is 127. The molecule has 104 valence electrons. The molecule has 2 heteroatoms. The van der Waals surface area contributed by atoms with Gasteiger partial charge in [-0.3, -0.25) is 0 Å². The Morgan fingerprint density at radius 3 is 2.74 bits per heavy atom. The molecule has 0 bridgehead atoms. The van der Waals surface area contributed by atoms with Gasteiger partial charge in [0.05, 0.1) is 6.04 Å². The van der Waals surface area contributed by atoms with Crippen LogP contribution in [0, 0.1) is 10.5 Å². The molecule has 1 aromatic rings. The number of nitrogens with one attached hydrogen (secondary N) is 1. The number of halogens is 1. The molecule has 1 aliphatic carbocycles. The molecule has 2 rings (SSSR count). The number of rotatable bonds is 3. The maximum atomic E-state index is 3.53. The molecule has 0 aliphatic heterocycles. The van der Waals surface area contributed by atoms with Gasteiger partial charge in [0, 0.05) is 3.57 Å². The van der Waals surface area contributed by atoms with Crippen LogP contribution in [0.2, 0.25) is 0 Å². The lowest BCUT2D eigenvalue weighted by molar-refractivity contribution is 0.572. The third-order valence-corrected chi connectivity index (χ3v) is 5.49. The first-order chi connectivity index (χ1) is 9.24. The first-order valence-electron chi connectivity index (χ1n) is 7.35. The Morgan fingerprint density at radius 1 is 1.16 bits per heavy atom. The Hall–Kier alpha value is -0.350. The van der Waals surface area contributed by atoms with Gasteiger partial charge in [0.25, 0.3) is 0 Å². The molecular formula is C17H24IN. The molecule has 0 spiro atoms. The van der Waals surface area contributed by atoms with Gasteiger partial charge in [0.2, 0.25) is 0 Å². The average molecular weight is 369 g/mol. The van der Waals surface area contributed by atoms with E-state index in [-0.39, 0.29) is 0 Å². The lowest BCUT2D eigenvalue weighted by Gasteiger charge is -2.24.